The predicted molar refractivity (Wildman–Crippen MR) is 151 cm³/mol. The Bertz CT molecular complexity index is 1570. The van der Waals surface area contributed by atoms with E-state index in [9.17, 15) is 5.26 Å². The van der Waals surface area contributed by atoms with E-state index in [-0.39, 0.29) is 12.2 Å². The van der Waals surface area contributed by atoms with Gasteiger partial charge in [0.05, 0.1) is 36.4 Å². The van der Waals surface area contributed by atoms with Crippen molar-refractivity contribution in [2.45, 2.75) is 50.5 Å². The zero-order valence-electron chi connectivity index (χ0n) is 22.1. The number of nitriles is 1. The largest absolute Gasteiger partial charge is 0.485 e. The van der Waals surface area contributed by atoms with Crippen molar-refractivity contribution < 1.29 is 14.2 Å². The van der Waals surface area contributed by atoms with E-state index < -0.39 is 0 Å². The molecular weight excluding hydrogens is 526 g/mol. The number of pyridine rings is 1. The van der Waals surface area contributed by atoms with Crippen LogP contribution in [-0.4, -0.2) is 51.8 Å². The van der Waals surface area contributed by atoms with Crippen LogP contribution in [0.2, 0.25) is 5.02 Å². The molecule has 2 atom stereocenters. The van der Waals surface area contributed by atoms with Gasteiger partial charge in [0.15, 0.2) is 17.6 Å². The van der Waals surface area contributed by atoms with Gasteiger partial charge in [0, 0.05) is 23.3 Å². The smallest absolute Gasteiger partial charge is 0.164 e. The lowest BCUT2D eigenvalue weighted by atomic mass is 9.88. The Morgan fingerprint density at radius 1 is 1.07 bits per heavy atom. The van der Waals surface area contributed by atoms with Crippen molar-refractivity contribution in [3.8, 4) is 17.6 Å². The van der Waals surface area contributed by atoms with Gasteiger partial charge in [0.25, 0.3) is 0 Å². The van der Waals surface area contributed by atoms with Gasteiger partial charge in [-0.1, -0.05) is 35.9 Å². The molecular formula is C31H30ClN5O3. The fraction of sp³-hybridized carbons (Fsp3) is 0.387. The number of fused-ring (bicyclic) bond motifs is 2. The second-order valence-electron chi connectivity index (χ2n) is 10.8. The van der Waals surface area contributed by atoms with E-state index in [1.54, 1.807) is 12.3 Å². The lowest BCUT2D eigenvalue weighted by molar-refractivity contribution is -0.0592. The summed E-state index contributed by atoms with van der Waals surface area (Å²) in [6, 6.07) is 17.9. The van der Waals surface area contributed by atoms with Gasteiger partial charge < -0.3 is 18.8 Å². The number of halogens is 1. The van der Waals surface area contributed by atoms with Crippen molar-refractivity contribution in [1.82, 2.24) is 19.4 Å². The topological polar surface area (TPSA) is 85.4 Å². The van der Waals surface area contributed by atoms with E-state index in [0.717, 1.165) is 86.0 Å². The van der Waals surface area contributed by atoms with Crippen molar-refractivity contribution >= 4 is 22.6 Å². The Hall–Kier alpha value is -3.64. The first-order valence-electron chi connectivity index (χ1n) is 13.9. The monoisotopic (exact) mass is 555 g/mol. The Kier molecular flexibility index (Phi) is 6.80. The summed E-state index contributed by atoms with van der Waals surface area (Å²) in [5, 5.41) is 10.0. The Labute approximate surface area is 238 Å². The molecule has 40 heavy (non-hydrogen) atoms. The van der Waals surface area contributed by atoms with Crippen molar-refractivity contribution in [3.05, 3.63) is 82.4 Å². The van der Waals surface area contributed by atoms with E-state index in [1.165, 1.54) is 5.56 Å². The molecule has 0 N–H and O–H groups in total. The van der Waals surface area contributed by atoms with Crippen LogP contribution in [-0.2, 0) is 17.8 Å². The summed E-state index contributed by atoms with van der Waals surface area (Å²) in [5.41, 5.74) is 4.46. The molecule has 2 saturated heterocycles. The minimum Gasteiger partial charge on any atom is -0.485 e. The van der Waals surface area contributed by atoms with E-state index >= 15 is 0 Å². The lowest BCUT2D eigenvalue weighted by Crippen LogP contribution is -2.35. The molecule has 8 nitrogen and oxygen atoms in total. The summed E-state index contributed by atoms with van der Waals surface area (Å²) in [4.78, 5) is 11.7. The van der Waals surface area contributed by atoms with Crippen LogP contribution in [0.1, 0.15) is 53.9 Å². The number of piperidine rings is 1. The Morgan fingerprint density at radius 2 is 1.90 bits per heavy atom. The Balaban J connectivity index is 1.05. The second-order valence-corrected chi connectivity index (χ2v) is 11.2. The highest BCUT2D eigenvalue weighted by molar-refractivity contribution is 6.30. The van der Waals surface area contributed by atoms with Gasteiger partial charge in [-0.2, -0.15) is 5.26 Å². The third-order valence-electron chi connectivity index (χ3n) is 8.30. The zero-order valence-corrected chi connectivity index (χ0v) is 22.9. The number of para-hydroxylation sites is 1. The fourth-order valence-electron chi connectivity index (χ4n) is 5.98. The lowest BCUT2D eigenvalue weighted by Gasteiger charge is -2.35. The maximum atomic E-state index is 9.30. The highest BCUT2D eigenvalue weighted by Crippen LogP contribution is 2.44. The molecule has 2 aromatic carbocycles. The second kappa shape index (κ2) is 10.7. The molecule has 0 radical (unpaired) electrons. The zero-order chi connectivity index (χ0) is 27.1. The summed E-state index contributed by atoms with van der Waals surface area (Å²) in [6.45, 7) is 4.75. The molecule has 2 fully saturated rings. The molecule has 3 aliphatic rings. The average molecular weight is 556 g/mol. The van der Waals surface area contributed by atoms with Crippen LogP contribution in [0.25, 0.3) is 11.0 Å². The predicted octanol–water partition coefficient (Wildman–Crippen LogP) is 5.64. The number of aromatic nitrogens is 3. The van der Waals surface area contributed by atoms with Gasteiger partial charge >= 0.3 is 0 Å². The van der Waals surface area contributed by atoms with Crippen LogP contribution >= 0.6 is 11.6 Å². The summed E-state index contributed by atoms with van der Waals surface area (Å²) in [6.07, 6.45) is 4.96. The van der Waals surface area contributed by atoms with Crippen LogP contribution < -0.4 is 9.47 Å². The molecule has 2 aromatic heterocycles. The van der Waals surface area contributed by atoms with Crippen LogP contribution in [0.4, 0.5) is 0 Å². The summed E-state index contributed by atoms with van der Waals surface area (Å²) in [5.74, 6) is 3.10. The molecule has 0 spiro atoms. The maximum absolute atomic E-state index is 9.30. The normalized spacial score (nSPS) is 21.2. The standard InChI is InChI=1S/C31H30ClN5O3/c32-22-6-4-21(5-7-22)29-19-39-31-25(2-1-3-28(31)40-29)20-8-11-36(12-9-20)18-30-35-26-14-23(15-33)34-16-27(26)37(30)17-24-10-13-38-24/h1-7,14,16,20,24,29H,8-13,17-19H2/t24-,29-/m0/s1. The van der Waals surface area contributed by atoms with Gasteiger partial charge in [0.1, 0.15) is 24.2 Å². The third kappa shape index (κ3) is 4.90. The van der Waals surface area contributed by atoms with E-state index in [2.05, 4.69) is 32.7 Å². The van der Waals surface area contributed by atoms with Gasteiger partial charge in [-0.15, -0.1) is 0 Å². The number of likely N-dealkylation sites (tertiary alicyclic amines) is 1. The van der Waals surface area contributed by atoms with Crippen molar-refractivity contribution in [2.24, 2.45) is 0 Å². The summed E-state index contributed by atoms with van der Waals surface area (Å²) < 4.78 is 20.6. The first-order chi connectivity index (χ1) is 19.6. The summed E-state index contributed by atoms with van der Waals surface area (Å²) in [7, 11) is 0. The molecule has 0 amide bonds. The molecule has 204 valence electrons. The average Bonchev–Trinajstić information content (AvgIpc) is 3.30. The minimum absolute atomic E-state index is 0.147. The van der Waals surface area contributed by atoms with Gasteiger partial charge in [0.2, 0.25) is 0 Å². The molecule has 3 aliphatic heterocycles. The van der Waals surface area contributed by atoms with Gasteiger partial charge in [-0.25, -0.2) is 9.97 Å². The first kappa shape index (κ1) is 25.3. The highest BCUT2D eigenvalue weighted by atomic mass is 35.5. The number of rotatable bonds is 6. The van der Waals surface area contributed by atoms with Crippen molar-refractivity contribution in [1.29, 1.82) is 5.26 Å². The molecule has 5 heterocycles. The number of imidazole rings is 1. The number of hydrogen-bond donors (Lipinski definition) is 0. The van der Waals surface area contributed by atoms with Gasteiger partial charge in [-0.05, 0) is 62.0 Å². The van der Waals surface area contributed by atoms with Crippen molar-refractivity contribution in [3.63, 3.8) is 0 Å². The highest BCUT2D eigenvalue weighted by Gasteiger charge is 2.30. The molecule has 9 heteroatoms. The minimum atomic E-state index is -0.147. The van der Waals surface area contributed by atoms with E-state index in [4.69, 9.17) is 30.8 Å². The Morgan fingerprint density at radius 3 is 2.65 bits per heavy atom. The number of nitrogens with zero attached hydrogens (tertiary/aromatic N) is 5. The third-order valence-corrected chi connectivity index (χ3v) is 8.55. The van der Waals surface area contributed by atoms with E-state index in [1.807, 2.05) is 30.3 Å². The quantitative estimate of drug-likeness (QED) is 0.304. The molecule has 4 aromatic rings. The fourth-order valence-corrected chi connectivity index (χ4v) is 6.11. The van der Waals surface area contributed by atoms with Gasteiger partial charge in [-0.3, -0.25) is 4.90 Å². The first-order valence-corrected chi connectivity index (χ1v) is 14.3. The van der Waals surface area contributed by atoms with Crippen LogP contribution in [0.3, 0.4) is 0 Å². The summed E-state index contributed by atoms with van der Waals surface area (Å²) >= 11 is 6.06. The SMILES string of the molecule is N#Cc1cc2nc(CN3CCC(c4cccc5c4OC[C@@H](c4ccc(Cl)cc4)O5)CC3)n(C[C@@H]3CCO3)c2cn1. The molecule has 0 bridgehead atoms. The van der Waals surface area contributed by atoms with Crippen LogP contribution in [0.15, 0.2) is 54.7 Å². The molecule has 7 rings (SSSR count). The van der Waals surface area contributed by atoms with E-state index in [0.29, 0.717) is 23.2 Å². The van der Waals surface area contributed by atoms with Crippen molar-refractivity contribution in [2.75, 3.05) is 26.3 Å². The van der Waals surface area contributed by atoms with Crippen LogP contribution in [0.5, 0.6) is 11.5 Å². The molecule has 0 saturated carbocycles. The maximum Gasteiger partial charge on any atom is 0.164 e. The van der Waals surface area contributed by atoms with Crippen LogP contribution in [0, 0.1) is 11.3 Å². The number of ether oxygens (including phenoxy) is 3. The number of benzene rings is 2. The molecule has 0 aliphatic carbocycles. The number of hydrogen-bond acceptors (Lipinski definition) is 7. The molecule has 0 unspecified atom stereocenters.